The molecule has 3 aromatic heterocycles. The summed E-state index contributed by atoms with van der Waals surface area (Å²) in [6.07, 6.45) is -4.52. The van der Waals surface area contributed by atoms with Crippen LogP contribution >= 0.6 is 0 Å². The number of anilines is 1. The fraction of sp³-hybridized carbons (Fsp3) is 0.316. The molecule has 296 valence electrons. The molecule has 0 saturated heterocycles. The van der Waals surface area contributed by atoms with Gasteiger partial charge in [-0.15, -0.1) is 0 Å². The van der Waals surface area contributed by atoms with Crippen molar-refractivity contribution in [3.8, 4) is 34.8 Å². The summed E-state index contributed by atoms with van der Waals surface area (Å²) in [5.41, 5.74) is -1.99. The highest BCUT2D eigenvalue weighted by atomic mass is 32.2. The number of carbonyl (C=O) groups is 1. The van der Waals surface area contributed by atoms with Crippen molar-refractivity contribution in [3.63, 3.8) is 0 Å². The zero-order valence-electron chi connectivity index (χ0n) is 30.4. The van der Waals surface area contributed by atoms with E-state index in [9.17, 15) is 35.2 Å². The molecule has 2 aliphatic carbocycles. The Morgan fingerprint density at radius 1 is 1.05 bits per heavy atom. The molecule has 0 fully saturated rings. The molecule has 7 rings (SSSR count). The summed E-state index contributed by atoms with van der Waals surface area (Å²) in [5.74, 6) is 0.542. The molecular weight excluding hydrogens is 782 g/mol. The van der Waals surface area contributed by atoms with Crippen LogP contribution in [0.2, 0.25) is 0 Å². The number of carbonyl (C=O) groups excluding carboxylic acids is 1. The third kappa shape index (κ3) is 7.64. The van der Waals surface area contributed by atoms with Gasteiger partial charge >= 0.3 is 12.1 Å². The van der Waals surface area contributed by atoms with Gasteiger partial charge in [0.25, 0.3) is 0 Å². The zero-order valence-corrected chi connectivity index (χ0v) is 31.3. The van der Waals surface area contributed by atoms with E-state index >= 15 is 8.78 Å². The Labute approximate surface area is 321 Å². The maximum absolute atomic E-state index is 15.5. The van der Waals surface area contributed by atoms with Crippen LogP contribution < -0.4 is 10.0 Å². The first-order valence-electron chi connectivity index (χ1n) is 17.1. The van der Waals surface area contributed by atoms with E-state index < -0.39 is 81.0 Å². The van der Waals surface area contributed by atoms with E-state index in [0.717, 1.165) is 18.4 Å². The fourth-order valence-corrected chi connectivity index (χ4v) is 7.57. The van der Waals surface area contributed by atoms with Gasteiger partial charge in [0, 0.05) is 35.2 Å². The van der Waals surface area contributed by atoms with Gasteiger partial charge in [0.1, 0.15) is 35.5 Å². The number of nitrogens with one attached hydrogen (secondary N) is 2. The van der Waals surface area contributed by atoms with Gasteiger partial charge in [-0.05, 0) is 62.3 Å². The lowest BCUT2D eigenvalue weighted by Gasteiger charge is -2.24. The number of fused-ring (bicyclic) bond motifs is 4. The first-order valence-corrected chi connectivity index (χ1v) is 19.0. The van der Waals surface area contributed by atoms with Gasteiger partial charge in [-0.25, -0.2) is 22.2 Å². The second-order valence-electron chi connectivity index (χ2n) is 14.0. The van der Waals surface area contributed by atoms with Crippen LogP contribution in [0.5, 0.6) is 0 Å². The number of hydrogen-bond acceptors (Lipinski definition) is 7. The topological polar surface area (TPSA) is 127 Å². The summed E-state index contributed by atoms with van der Waals surface area (Å²) in [6.45, 7) is -0.769. The van der Waals surface area contributed by atoms with Gasteiger partial charge in [-0.2, -0.15) is 32.1 Å². The third-order valence-electron chi connectivity index (χ3n) is 9.30. The zero-order chi connectivity index (χ0) is 41.2. The Morgan fingerprint density at radius 2 is 1.77 bits per heavy atom. The van der Waals surface area contributed by atoms with Crippen molar-refractivity contribution in [2.24, 2.45) is 13.0 Å². The number of para-hydroxylation sites is 1. The number of sulfonamides is 1. The van der Waals surface area contributed by atoms with Crippen molar-refractivity contribution in [1.29, 1.82) is 0 Å². The summed E-state index contributed by atoms with van der Waals surface area (Å²) in [4.78, 5) is 20.5. The summed E-state index contributed by atoms with van der Waals surface area (Å²) in [6, 6.07) is 9.43. The van der Waals surface area contributed by atoms with Crippen molar-refractivity contribution in [1.82, 2.24) is 34.8 Å². The van der Waals surface area contributed by atoms with Crippen LogP contribution in [0, 0.1) is 41.2 Å². The van der Waals surface area contributed by atoms with Gasteiger partial charge < -0.3 is 5.32 Å². The molecule has 2 aliphatic rings. The quantitative estimate of drug-likeness (QED) is 0.144. The second-order valence-corrected chi connectivity index (χ2v) is 15.7. The van der Waals surface area contributed by atoms with Crippen LogP contribution in [-0.4, -0.2) is 70.7 Å². The smallest absolute Gasteiger partial charge is 0.346 e. The number of benzene rings is 2. The molecule has 57 heavy (non-hydrogen) atoms. The van der Waals surface area contributed by atoms with Crippen molar-refractivity contribution < 1.29 is 43.9 Å². The SMILES string of the molecule is CN(C)CC#Cc1ccc(-c2cccc3c(NS(C)(=O)=O)nn(C)c23)c(C(Cc2cc(F)cc(F)c2)NC(=O)Cn2nc(C(F)(F)F)c3c2C(F)(F)C2C#CC32)n1. The molecule has 0 saturated carbocycles. The van der Waals surface area contributed by atoms with E-state index in [1.807, 2.05) is 0 Å². The number of alkyl halides is 5. The van der Waals surface area contributed by atoms with Crippen molar-refractivity contribution >= 4 is 32.7 Å². The molecule has 0 bridgehead atoms. The van der Waals surface area contributed by atoms with Crippen LogP contribution in [0.25, 0.3) is 22.0 Å². The van der Waals surface area contributed by atoms with E-state index in [1.54, 1.807) is 56.4 Å². The van der Waals surface area contributed by atoms with Crippen LogP contribution in [-0.2, 0) is 46.9 Å². The predicted molar refractivity (Wildman–Crippen MR) is 194 cm³/mol. The van der Waals surface area contributed by atoms with Crippen molar-refractivity contribution in [2.45, 2.75) is 37.0 Å². The maximum Gasteiger partial charge on any atom is 0.435 e. The number of amides is 1. The Bertz CT molecular complexity index is 2680. The van der Waals surface area contributed by atoms with E-state index in [1.165, 1.54) is 4.68 Å². The highest BCUT2D eigenvalue weighted by Crippen LogP contribution is 2.58. The average Bonchev–Trinajstić information content (AvgIpc) is 3.64. The molecule has 19 heteroatoms. The molecule has 3 atom stereocenters. The lowest BCUT2D eigenvalue weighted by molar-refractivity contribution is -0.142. The summed E-state index contributed by atoms with van der Waals surface area (Å²) >= 11 is 0. The Morgan fingerprint density at radius 3 is 2.40 bits per heavy atom. The first kappa shape index (κ1) is 39.3. The molecular formula is C38H31F7N8O3S. The number of nitrogens with zero attached hydrogens (tertiary/aromatic N) is 6. The summed E-state index contributed by atoms with van der Waals surface area (Å²) in [7, 11) is 1.38. The Kier molecular flexibility index (Phi) is 9.81. The summed E-state index contributed by atoms with van der Waals surface area (Å²) < 4.78 is 131. The Hall–Kier alpha value is -5.92. The van der Waals surface area contributed by atoms with Gasteiger partial charge in [0.05, 0.1) is 36.0 Å². The normalized spacial score (nSPS) is 17.2. The maximum atomic E-state index is 15.5. The van der Waals surface area contributed by atoms with Crippen LogP contribution in [0.1, 0.15) is 45.9 Å². The molecule has 2 N–H and O–H groups in total. The molecule has 0 aliphatic heterocycles. The Balaban J connectivity index is 1.37. The van der Waals surface area contributed by atoms with Gasteiger partial charge in [0.2, 0.25) is 15.9 Å². The minimum absolute atomic E-state index is 0.0123. The molecule has 1 amide bonds. The lowest BCUT2D eigenvalue weighted by atomic mass is 9.84. The van der Waals surface area contributed by atoms with E-state index in [-0.39, 0.29) is 29.2 Å². The number of pyridine rings is 1. The van der Waals surface area contributed by atoms with E-state index in [2.05, 4.69) is 43.9 Å². The summed E-state index contributed by atoms with van der Waals surface area (Å²) in [5, 5.41) is 10.8. The molecule has 3 heterocycles. The average molecular weight is 813 g/mol. The number of rotatable bonds is 10. The number of halogens is 7. The molecule has 0 spiro atoms. The highest BCUT2D eigenvalue weighted by Gasteiger charge is 2.62. The molecule has 0 radical (unpaired) electrons. The van der Waals surface area contributed by atoms with E-state index in [4.69, 9.17) is 4.98 Å². The minimum atomic E-state index is -5.13. The molecule has 5 aromatic rings. The standard InChI is InChI=1S/C38H31F7N8O3S/c1-51(2)14-6-7-23-10-11-24(25-8-5-9-27-33(25)52(3)49-36(27)50-57(4,55)56)32(46-23)29(17-20-15-21(39)18-22(40)16-20)47-30(54)19-53-35-31(34(48-53)38(43,44)45)26-12-13-28(26)37(35,41)42/h5,8-11,15-16,18,26,28-29H,14,17,19H2,1-4H3,(H,47,54)(H,49,50). The van der Waals surface area contributed by atoms with Crippen LogP contribution in [0.4, 0.5) is 36.6 Å². The monoisotopic (exact) mass is 812 g/mol. The van der Waals surface area contributed by atoms with Crippen molar-refractivity contribution in [2.75, 3.05) is 31.6 Å². The van der Waals surface area contributed by atoms with Crippen molar-refractivity contribution in [3.05, 3.63) is 94.1 Å². The second kappa shape index (κ2) is 14.2. The fourth-order valence-electron chi connectivity index (χ4n) is 7.07. The number of aryl methyl sites for hydroxylation is 1. The third-order valence-corrected chi connectivity index (χ3v) is 9.86. The largest absolute Gasteiger partial charge is 0.435 e. The van der Waals surface area contributed by atoms with Gasteiger partial charge in [-0.1, -0.05) is 29.9 Å². The molecule has 2 aromatic carbocycles. The molecule has 3 unspecified atom stereocenters. The van der Waals surface area contributed by atoms with E-state index in [0.29, 0.717) is 39.3 Å². The predicted octanol–water partition coefficient (Wildman–Crippen LogP) is 5.34. The highest BCUT2D eigenvalue weighted by molar-refractivity contribution is 7.92. The van der Waals surface area contributed by atoms with Crippen LogP contribution in [0.3, 0.4) is 0 Å². The van der Waals surface area contributed by atoms with Gasteiger partial charge in [0.15, 0.2) is 11.5 Å². The van der Waals surface area contributed by atoms with Crippen LogP contribution in [0.15, 0.2) is 48.5 Å². The van der Waals surface area contributed by atoms with Gasteiger partial charge in [-0.3, -0.25) is 23.8 Å². The number of hydrogen-bond donors (Lipinski definition) is 2. The minimum Gasteiger partial charge on any atom is -0.346 e. The number of aromatic nitrogens is 5. The first-order chi connectivity index (χ1) is 26.7. The lowest BCUT2D eigenvalue weighted by Crippen LogP contribution is -2.36. The molecule has 11 nitrogen and oxygen atoms in total.